The van der Waals surface area contributed by atoms with Crippen LogP contribution >= 0.6 is 11.6 Å². The van der Waals surface area contributed by atoms with Crippen LogP contribution in [0.25, 0.3) is 0 Å². The number of carbonyl (C=O) groups excluding carboxylic acids is 1. The Morgan fingerprint density at radius 1 is 1.43 bits per heavy atom. The molecule has 0 spiro atoms. The zero-order chi connectivity index (χ0) is 10.8. The molecule has 0 saturated heterocycles. The molecule has 78 valence electrons. The monoisotopic (exact) mass is 215 g/mol. The average Bonchev–Trinajstić information content (AvgIpc) is 2.22. The van der Waals surface area contributed by atoms with E-state index in [1.165, 1.54) is 0 Å². The van der Waals surface area contributed by atoms with Crippen molar-refractivity contribution in [2.75, 3.05) is 13.7 Å². The molecule has 3 nitrogen and oxygen atoms in total. The first-order valence-electron chi connectivity index (χ1n) is 4.23. The quantitative estimate of drug-likeness (QED) is 0.785. The van der Waals surface area contributed by atoms with Crippen LogP contribution in [0.5, 0.6) is 5.75 Å². The van der Waals surface area contributed by atoms with E-state index in [4.69, 9.17) is 21.1 Å². The standard InChI is InChI=1S/C8H9ClO.C2H5NO/c1-2-10-8-5-3-7(9)4-6-8;1-3-2-4/h3-6H,2H2,1H3;2H,1H3,(H,3,4). The number of rotatable bonds is 3. The lowest BCUT2D eigenvalue weighted by Gasteiger charge is -2.00. The van der Waals surface area contributed by atoms with Crippen LogP contribution in [-0.4, -0.2) is 20.1 Å². The van der Waals surface area contributed by atoms with E-state index in [0.29, 0.717) is 13.0 Å². The summed E-state index contributed by atoms with van der Waals surface area (Å²) in [6.45, 7) is 2.65. The van der Waals surface area contributed by atoms with Crippen molar-refractivity contribution >= 4 is 18.0 Å². The second-order valence-corrected chi connectivity index (χ2v) is 2.73. The molecule has 1 aromatic rings. The molecule has 1 N–H and O–H groups in total. The van der Waals surface area contributed by atoms with Crippen LogP contribution in [0.3, 0.4) is 0 Å². The van der Waals surface area contributed by atoms with Crippen LogP contribution in [0.15, 0.2) is 24.3 Å². The zero-order valence-electron chi connectivity index (χ0n) is 8.29. The van der Waals surface area contributed by atoms with E-state index in [2.05, 4.69) is 5.32 Å². The van der Waals surface area contributed by atoms with E-state index in [-0.39, 0.29) is 0 Å². The fourth-order valence-electron chi connectivity index (χ4n) is 0.697. The molecule has 0 atom stereocenters. The lowest BCUT2D eigenvalue weighted by molar-refractivity contribution is -0.109. The van der Waals surface area contributed by atoms with E-state index in [0.717, 1.165) is 10.8 Å². The third-order valence-electron chi connectivity index (χ3n) is 1.24. The van der Waals surface area contributed by atoms with E-state index < -0.39 is 0 Å². The molecule has 4 heteroatoms. The summed E-state index contributed by atoms with van der Waals surface area (Å²) < 4.78 is 5.20. The first-order chi connectivity index (χ1) is 6.74. The number of benzene rings is 1. The Labute approximate surface area is 89.0 Å². The summed E-state index contributed by atoms with van der Waals surface area (Å²) in [6, 6.07) is 7.33. The minimum atomic E-state index is 0.625. The van der Waals surface area contributed by atoms with Crippen LogP contribution in [0.1, 0.15) is 6.92 Å². The number of carbonyl (C=O) groups is 1. The third-order valence-corrected chi connectivity index (χ3v) is 1.49. The predicted molar refractivity (Wildman–Crippen MR) is 57.7 cm³/mol. The average molecular weight is 216 g/mol. The van der Waals surface area contributed by atoms with Gasteiger partial charge in [0.05, 0.1) is 6.61 Å². The third kappa shape index (κ3) is 6.31. The highest BCUT2D eigenvalue weighted by molar-refractivity contribution is 6.30. The van der Waals surface area contributed by atoms with Gasteiger partial charge >= 0.3 is 0 Å². The van der Waals surface area contributed by atoms with Gasteiger partial charge < -0.3 is 10.1 Å². The number of halogens is 1. The van der Waals surface area contributed by atoms with E-state index in [9.17, 15) is 0 Å². The molecule has 0 aliphatic rings. The van der Waals surface area contributed by atoms with Crippen molar-refractivity contribution in [2.45, 2.75) is 6.92 Å². The molecule has 0 heterocycles. The molecule has 0 radical (unpaired) electrons. The second kappa shape index (κ2) is 8.38. The Morgan fingerprint density at radius 2 is 1.93 bits per heavy atom. The molecule has 0 saturated carbocycles. The first-order valence-corrected chi connectivity index (χ1v) is 4.61. The van der Waals surface area contributed by atoms with Gasteiger partial charge in [-0.25, -0.2) is 0 Å². The number of hydrogen-bond donors (Lipinski definition) is 1. The Morgan fingerprint density at radius 3 is 2.29 bits per heavy atom. The van der Waals surface area contributed by atoms with Crippen LogP contribution in [0, 0.1) is 0 Å². The van der Waals surface area contributed by atoms with E-state index in [1.807, 2.05) is 31.2 Å². The fourth-order valence-corrected chi connectivity index (χ4v) is 0.823. The van der Waals surface area contributed by atoms with Crippen molar-refractivity contribution < 1.29 is 9.53 Å². The van der Waals surface area contributed by atoms with Gasteiger partial charge in [0.1, 0.15) is 5.75 Å². The number of amides is 1. The molecule has 1 amide bonds. The molecule has 1 rings (SSSR count). The Bertz CT molecular complexity index is 249. The van der Waals surface area contributed by atoms with Crippen LogP contribution < -0.4 is 10.1 Å². The topological polar surface area (TPSA) is 38.3 Å². The second-order valence-electron chi connectivity index (χ2n) is 2.29. The maximum Gasteiger partial charge on any atom is 0.206 e. The van der Waals surface area contributed by atoms with Crippen LogP contribution in [0.2, 0.25) is 5.02 Å². The molecule has 0 aliphatic heterocycles. The van der Waals surface area contributed by atoms with Crippen LogP contribution in [0.4, 0.5) is 0 Å². The maximum absolute atomic E-state index is 9.06. The first kappa shape index (κ1) is 12.8. The summed E-state index contributed by atoms with van der Waals surface area (Å²) in [4.78, 5) is 9.06. The molecular weight excluding hydrogens is 202 g/mol. The molecular formula is C10H14ClNO2. The molecule has 0 aromatic heterocycles. The summed E-state index contributed by atoms with van der Waals surface area (Å²) in [7, 11) is 1.56. The number of ether oxygens (including phenoxy) is 1. The van der Waals surface area contributed by atoms with Crippen molar-refractivity contribution in [3.8, 4) is 5.75 Å². The van der Waals surface area contributed by atoms with Gasteiger partial charge in [-0.05, 0) is 31.2 Å². The summed E-state index contributed by atoms with van der Waals surface area (Å²) in [5.74, 6) is 0.868. The van der Waals surface area contributed by atoms with Gasteiger partial charge in [-0.2, -0.15) is 0 Å². The zero-order valence-corrected chi connectivity index (χ0v) is 9.04. The summed E-state index contributed by atoms with van der Waals surface area (Å²) >= 11 is 5.66. The molecule has 1 aromatic carbocycles. The number of nitrogens with one attached hydrogen (secondary N) is 1. The van der Waals surface area contributed by atoms with Gasteiger partial charge in [-0.1, -0.05) is 11.6 Å². The number of hydrogen-bond acceptors (Lipinski definition) is 2. The molecule has 0 unspecified atom stereocenters. The largest absolute Gasteiger partial charge is 0.494 e. The van der Waals surface area contributed by atoms with Crippen molar-refractivity contribution in [1.82, 2.24) is 5.32 Å². The lowest BCUT2D eigenvalue weighted by atomic mass is 10.3. The fraction of sp³-hybridized carbons (Fsp3) is 0.300. The van der Waals surface area contributed by atoms with Crippen molar-refractivity contribution in [2.24, 2.45) is 0 Å². The van der Waals surface area contributed by atoms with Crippen molar-refractivity contribution in [3.63, 3.8) is 0 Å². The van der Waals surface area contributed by atoms with E-state index >= 15 is 0 Å². The molecule has 0 fully saturated rings. The summed E-state index contributed by atoms with van der Waals surface area (Å²) in [5, 5.41) is 2.99. The Kier molecular flexibility index (Phi) is 7.65. The SMILES string of the molecule is CCOc1ccc(Cl)cc1.CNC=O. The highest BCUT2D eigenvalue weighted by Gasteiger charge is 1.89. The smallest absolute Gasteiger partial charge is 0.206 e. The van der Waals surface area contributed by atoms with Crippen LogP contribution in [-0.2, 0) is 4.79 Å². The minimum Gasteiger partial charge on any atom is -0.494 e. The van der Waals surface area contributed by atoms with Gasteiger partial charge in [-0.15, -0.1) is 0 Å². The summed E-state index contributed by atoms with van der Waals surface area (Å²) in [5.41, 5.74) is 0. The Hall–Kier alpha value is -1.22. The maximum atomic E-state index is 9.06. The lowest BCUT2D eigenvalue weighted by Crippen LogP contribution is -1.98. The predicted octanol–water partition coefficient (Wildman–Crippen LogP) is 2.10. The normalized spacial score (nSPS) is 8.21. The van der Waals surface area contributed by atoms with Gasteiger partial charge in [0.25, 0.3) is 0 Å². The highest BCUT2D eigenvalue weighted by Crippen LogP contribution is 2.14. The molecule has 0 bridgehead atoms. The summed E-state index contributed by atoms with van der Waals surface area (Å²) in [6.07, 6.45) is 0.625. The highest BCUT2D eigenvalue weighted by atomic mass is 35.5. The van der Waals surface area contributed by atoms with Gasteiger partial charge in [0, 0.05) is 12.1 Å². The van der Waals surface area contributed by atoms with Crippen molar-refractivity contribution in [1.29, 1.82) is 0 Å². The molecule has 14 heavy (non-hydrogen) atoms. The Balaban J connectivity index is 0.000000364. The van der Waals surface area contributed by atoms with Gasteiger partial charge in [0.2, 0.25) is 6.41 Å². The minimum absolute atomic E-state index is 0.625. The molecule has 0 aliphatic carbocycles. The van der Waals surface area contributed by atoms with Gasteiger partial charge in [-0.3, -0.25) is 4.79 Å². The van der Waals surface area contributed by atoms with Crippen molar-refractivity contribution in [3.05, 3.63) is 29.3 Å². The van der Waals surface area contributed by atoms with Gasteiger partial charge in [0.15, 0.2) is 0 Å². The van der Waals surface area contributed by atoms with E-state index in [1.54, 1.807) is 7.05 Å².